The molecule has 1 aromatic carbocycles. The highest BCUT2D eigenvalue weighted by Gasteiger charge is 2.14. The average Bonchev–Trinajstić information content (AvgIpc) is 2.78. The van der Waals surface area contributed by atoms with Gasteiger partial charge >= 0.3 is 0 Å². The van der Waals surface area contributed by atoms with Gasteiger partial charge in [-0.2, -0.15) is 0 Å². The second-order valence-electron chi connectivity index (χ2n) is 4.24. The van der Waals surface area contributed by atoms with Gasteiger partial charge in [-0.25, -0.2) is 0 Å². The number of nitrogens with zero attached hydrogens (tertiary/aromatic N) is 2. The van der Waals surface area contributed by atoms with E-state index in [2.05, 4.69) is 0 Å². The van der Waals surface area contributed by atoms with Crippen LogP contribution in [0, 0.1) is 0 Å². The van der Waals surface area contributed by atoms with E-state index in [0.717, 1.165) is 28.2 Å². The number of fused-ring (bicyclic) bond motifs is 3. The molecule has 0 aliphatic carbocycles. The monoisotopic (exact) mass is 228 g/mol. The summed E-state index contributed by atoms with van der Waals surface area (Å²) < 4.78 is 3.86. The largest absolute Gasteiger partial charge is 0.508 e. The molecule has 0 radical (unpaired) electrons. The van der Waals surface area contributed by atoms with Gasteiger partial charge in [-0.05, 0) is 18.2 Å². The number of aldehydes is 1. The standard InChI is InChI=1S/C13H12N2O2/c1-14-8(7-16)5-12-13(14)10-4-3-9(17)6-11(10)15(12)2/h3-7,17H,1-2H3. The molecular weight excluding hydrogens is 216 g/mol. The van der Waals surface area contributed by atoms with Crippen LogP contribution in [0.4, 0.5) is 0 Å². The molecule has 0 atom stereocenters. The Bertz CT molecular complexity index is 750. The molecule has 0 amide bonds. The van der Waals surface area contributed by atoms with Crippen molar-refractivity contribution in [2.24, 2.45) is 14.1 Å². The zero-order chi connectivity index (χ0) is 12.2. The third-order valence-corrected chi connectivity index (χ3v) is 3.33. The Morgan fingerprint density at radius 3 is 2.59 bits per heavy atom. The van der Waals surface area contributed by atoms with Gasteiger partial charge in [0.15, 0.2) is 6.29 Å². The Balaban J connectivity index is 2.58. The van der Waals surface area contributed by atoms with Crippen molar-refractivity contribution in [3.8, 4) is 5.75 Å². The second-order valence-corrected chi connectivity index (χ2v) is 4.24. The fourth-order valence-electron chi connectivity index (χ4n) is 2.42. The van der Waals surface area contributed by atoms with Crippen LogP contribution < -0.4 is 0 Å². The van der Waals surface area contributed by atoms with Crippen molar-refractivity contribution in [3.63, 3.8) is 0 Å². The first kappa shape index (κ1) is 9.96. The predicted octanol–water partition coefficient (Wildman–Crippen LogP) is 2.19. The summed E-state index contributed by atoms with van der Waals surface area (Å²) in [6, 6.07) is 7.13. The van der Waals surface area contributed by atoms with Crippen LogP contribution in [0.3, 0.4) is 0 Å². The van der Waals surface area contributed by atoms with Crippen molar-refractivity contribution in [2.45, 2.75) is 0 Å². The van der Waals surface area contributed by atoms with Crippen molar-refractivity contribution >= 4 is 28.2 Å². The fraction of sp³-hybridized carbons (Fsp3) is 0.154. The number of hydrogen-bond donors (Lipinski definition) is 1. The van der Waals surface area contributed by atoms with Gasteiger partial charge < -0.3 is 14.2 Å². The quantitative estimate of drug-likeness (QED) is 0.649. The molecule has 86 valence electrons. The first-order valence-corrected chi connectivity index (χ1v) is 5.35. The number of carbonyl (C=O) groups excluding carboxylic acids is 1. The van der Waals surface area contributed by atoms with Crippen LogP contribution in [-0.2, 0) is 14.1 Å². The maximum absolute atomic E-state index is 10.9. The second kappa shape index (κ2) is 3.13. The third kappa shape index (κ3) is 1.15. The first-order chi connectivity index (χ1) is 8.13. The molecule has 0 spiro atoms. The lowest BCUT2D eigenvalue weighted by Crippen LogP contribution is -1.93. The third-order valence-electron chi connectivity index (χ3n) is 3.33. The number of phenolic OH excluding ortho intramolecular Hbond substituents is 1. The number of phenols is 1. The molecule has 0 saturated heterocycles. The number of aromatic hydroxyl groups is 1. The number of aromatic nitrogens is 2. The molecule has 2 heterocycles. The van der Waals surface area contributed by atoms with Gasteiger partial charge in [0, 0.05) is 25.5 Å². The number of aryl methyl sites for hydroxylation is 2. The summed E-state index contributed by atoms with van der Waals surface area (Å²) >= 11 is 0. The number of carbonyl (C=O) groups is 1. The van der Waals surface area contributed by atoms with E-state index in [0.29, 0.717) is 5.69 Å². The molecule has 0 fully saturated rings. The summed E-state index contributed by atoms with van der Waals surface area (Å²) in [5, 5.41) is 10.5. The number of hydrogen-bond acceptors (Lipinski definition) is 2. The molecule has 4 nitrogen and oxygen atoms in total. The Kier molecular flexibility index (Phi) is 1.84. The van der Waals surface area contributed by atoms with E-state index in [1.165, 1.54) is 0 Å². The van der Waals surface area contributed by atoms with E-state index in [1.807, 2.05) is 35.4 Å². The van der Waals surface area contributed by atoms with E-state index >= 15 is 0 Å². The number of rotatable bonds is 1. The SMILES string of the molecule is Cn1c(C=O)cc2c1c1ccc(O)cc1n2C. The Morgan fingerprint density at radius 2 is 1.88 bits per heavy atom. The highest BCUT2D eigenvalue weighted by atomic mass is 16.3. The lowest BCUT2D eigenvalue weighted by Gasteiger charge is -1.99. The van der Waals surface area contributed by atoms with Crippen LogP contribution >= 0.6 is 0 Å². The summed E-state index contributed by atoms with van der Waals surface area (Å²) in [7, 11) is 3.80. The Labute approximate surface area is 97.7 Å². The normalized spacial score (nSPS) is 11.4. The van der Waals surface area contributed by atoms with Crippen LogP contribution in [0.15, 0.2) is 24.3 Å². The molecule has 17 heavy (non-hydrogen) atoms. The summed E-state index contributed by atoms with van der Waals surface area (Å²) in [5.41, 5.74) is 3.63. The van der Waals surface area contributed by atoms with Crippen molar-refractivity contribution in [1.29, 1.82) is 0 Å². The van der Waals surface area contributed by atoms with E-state index in [9.17, 15) is 9.90 Å². The van der Waals surface area contributed by atoms with Gasteiger partial charge in [-0.15, -0.1) is 0 Å². The zero-order valence-electron chi connectivity index (χ0n) is 9.64. The Morgan fingerprint density at radius 1 is 1.12 bits per heavy atom. The van der Waals surface area contributed by atoms with Gasteiger partial charge in [0.25, 0.3) is 0 Å². The minimum absolute atomic E-state index is 0.249. The highest BCUT2D eigenvalue weighted by Crippen LogP contribution is 2.31. The molecule has 0 aliphatic heterocycles. The zero-order valence-corrected chi connectivity index (χ0v) is 9.64. The lowest BCUT2D eigenvalue weighted by molar-refractivity contribution is 0.111. The molecule has 4 heteroatoms. The molecule has 3 aromatic rings. The molecule has 0 bridgehead atoms. The van der Waals surface area contributed by atoms with Crippen LogP contribution in [0.5, 0.6) is 5.75 Å². The van der Waals surface area contributed by atoms with Gasteiger partial charge in [0.1, 0.15) is 5.75 Å². The maximum Gasteiger partial charge on any atom is 0.166 e. The molecule has 1 N–H and O–H groups in total. The first-order valence-electron chi connectivity index (χ1n) is 5.35. The van der Waals surface area contributed by atoms with Crippen LogP contribution in [0.1, 0.15) is 10.5 Å². The van der Waals surface area contributed by atoms with Gasteiger partial charge in [0.05, 0.1) is 22.2 Å². The van der Waals surface area contributed by atoms with E-state index in [4.69, 9.17) is 0 Å². The maximum atomic E-state index is 10.9. The topological polar surface area (TPSA) is 47.2 Å². The van der Waals surface area contributed by atoms with Crippen molar-refractivity contribution in [1.82, 2.24) is 9.13 Å². The molecule has 2 aromatic heterocycles. The summed E-state index contributed by atoms with van der Waals surface area (Å²) in [6.07, 6.45) is 0.853. The fourth-order valence-corrected chi connectivity index (χ4v) is 2.42. The molecule has 3 rings (SSSR count). The smallest absolute Gasteiger partial charge is 0.166 e. The van der Waals surface area contributed by atoms with Gasteiger partial charge in [0.2, 0.25) is 0 Å². The minimum Gasteiger partial charge on any atom is -0.508 e. The lowest BCUT2D eigenvalue weighted by atomic mass is 10.2. The van der Waals surface area contributed by atoms with Crippen molar-refractivity contribution in [2.75, 3.05) is 0 Å². The molecule has 0 aliphatic rings. The van der Waals surface area contributed by atoms with Crippen LogP contribution in [0.2, 0.25) is 0 Å². The minimum atomic E-state index is 0.249. The van der Waals surface area contributed by atoms with Crippen LogP contribution in [0.25, 0.3) is 21.9 Å². The summed E-state index contributed by atoms with van der Waals surface area (Å²) in [4.78, 5) is 10.9. The van der Waals surface area contributed by atoms with E-state index in [-0.39, 0.29) is 5.75 Å². The molecular formula is C13H12N2O2. The molecule has 0 saturated carbocycles. The Hall–Kier alpha value is -2.23. The molecule has 0 unspecified atom stereocenters. The summed E-state index contributed by atoms with van der Waals surface area (Å²) in [5.74, 6) is 0.249. The highest BCUT2D eigenvalue weighted by molar-refractivity contribution is 6.08. The predicted molar refractivity (Wildman–Crippen MR) is 66.4 cm³/mol. The summed E-state index contributed by atoms with van der Waals surface area (Å²) in [6.45, 7) is 0. The van der Waals surface area contributed by atoms with Gasteiger partial charge in [-0.1, -0.05) is 0 Å². The van der Waals surface area contributed by atoms with E-state index in [1.54, 1.807) is 12.1 Å². The van der Waals surface area contributed by atoms with Crippen molar-refractivity contribution in [3.05, 3.63) is 30.0 Å². The van der Waals surface area contributed by atoms with Gasteiger partial charge in [-0.3, -0.25) is 4.79 Å². The average molecular weight is 228 g/mol. The number of benzene rings is 1. The van der Waals surface area contributed by atoms with Crippen molar-refractivity contribution < 1.29 is 9.90 Å². The van der Waals surface area contributed by atoms with Crippen LogP contribution in [-0.4, -0.2) is 20.5 Å². The van der Waals surface area contributed by atoms with E-state index < -0.39 is 0 Å².